The standard InChI is InChI=1S/C21H18BrFN2O4/c1-28-15-7-4-13(5-8-15)18(26)12-25-20(27)16-3-2-10-24-21(16)29-19-9-6-14(23)11-17(19)22/h2-11,18,26H,12H2,1H3,(H,25,27). The molecule has 1 unspecified atom stereocenters. The molecule has 2 N–H and O–H groups in total. The number of carbonyl (C=O) groups is 1. The highest BCUT2D eigenvalue weighted by molar-refractivity contribution is 9.10. The summed E-state index contributed by atoms with van der Waals surface area (Å²) in [6.45, 7) is -0.000259. The minimum Gasteiger partial charge on any atom is -0.497 e. The molecule has 0 radical (unpaired) electrons. The van der Waals surface area contributed by atoms with Crippen LogP contribution in [0.5, 0.6) is 17.4 Å². The first-order valence-electron chi connectivity index (χ1n) is 8.66. The van der Waals surface area contributed by atoms with E-state index < -0.39 is 17.8 Å². The molecule has 29 heavy (non-hydrogen) atoms. The molecular formula is C21H18BrFN2O4. The molecule has 1 heterocycles. The normalized spacial score (nSPS) is 11.6. The fourth-order valence-corrected chi connectivity index (χ4v) is 2.97. The predicted octanol–water partition coefficient (Wildman–Crippen LogP) is 4.25. The van der Waals surface area contributed by atoms with E-state index in [0.29, 0.717) is 21.5 Å². The van der Waals surface area contributed by atoms with E-state index in [2.05, 4.69) is 26.2 Å². The minimum atomic E-state index is -0.892. The number of pyridine rings is 1. The number of hydrogen-bond acceptors (Lipinski definition) is 5. The van der Waals surface area contributed by atoms with Gasteiger partial charge < -0.3 is 19.9 Å². The number of halogens is 2. The highest BCUT2D eigenvalue weighted by atomic mass is 79.9. The van der Waals surface area contributed by atoms with E-state index in [9.17, 15) is 14.3 Å². The first kappa shape index (κ1) is 20.8. The van der Waals surface area contributed by atoms with E-state index in [-0.39, 0.29) is 18.0 Å². The number of amides is 1. The Morgan fingerprint density at radius 3 is 2.69 bits per heavy atom. The largest absolute Gasteiger partial charge is 0.497 e. The number of methoxy groups -OCH3 is 1. The van der Waals surface area contributed by atoms with Crippen LogP contribution in [0.3, 0.4) is 0 Å². The number of aliphatic hydroxyl groups is 1. The van der Waals surface area contributed by atoms with Crippen molar-refractivity contribution in [2.75, 3.05) is 13.7 Å². The Balaban J connectivity index is 1.69. The van der Waals surface area contributed by atoms with Gasteiger partial charge in [0.2, 0.25) is 5.88 Å². The fourth-order valence-electron chi connectivity index (χ4n) is 2.54. The fraction of sp³-hybridized carbons (Fsp3) is 0.143. The number of aliphatic hydroxyl groups excluding tert-OH is 1. The molecule has 1 aromatic heterocycles. The SMILES string of the molecule is COc1ccc(C(O)CNC(=O)c2cccnc2Oc2ccc(F)cc2Br)cc1. The summed E-state index contributed by atoms with van der Waals surface area (Å²) in [6, 6.07) is 14.0. The Kier molecular flexibility index (Phi) is 6.79. The van der Waals surface area contributed by atoms with Gasteiger partial charge in [-0.3, -0.25) is 4.79 Å². The van der Waals surface area contributed by atoms with E-state index in [0.717, 1.165) is 0 Å². The highest BCUT2D eigenvalue weighted by Gasteiger charge is 2.17. The topological polar surface area (TPSA) is 80.7 Å². The van der Waals surface area contributed by atoms with Crippen LogP contribution in [0.1, 0.15) is 22.0 Å². The molecule has 3 rings (SSSR count). The summed E-state index contributed by atoms with van der Waals surface area (Å²) in [5.41, 5.74) is 0.828. The van der Waals surface area contributed by atoms with Gasteiger partial charge >= 0.3 is 0 Å². The minimum absolute atomic E-state index is 0.000259. The summed E-state index contributed by atoms with van der Waals surface area (Å²) in [5.74, 6) is 0.178. The Morgan fingerprint density at radius 1 is 1.24 bits per heavy atom. The molecule has 0 aliphatic carbocycles. The molecule has 0 aliphatic rings. The molecule has 1 atom stereocenters. The maximum Gasteiger partial charge on any atom is 0.256 e. The average Bonchev–Trinajstić information content (AvgIpc) is 2.74. The van der Waals surface area contributed by atoms with Crippen LogP contribution in [0, 0.1) is 5.82 Å². The van der Waals surface area contributed by atoms with Gasteiger partial charge in [-0.05, 0) is 64.0 Å². The first-order valence-corrected chi connectivity index (χ1v) is 9.45. The molecule has 2 aromatic carbocycles. The zero-order valence-electron chi connectivity index (χ0n) is 15.4. The number of hydrogen-bond donors (Lipinski definition) is 2. The third-order valence-corrected chi connectivity index (χ3v) is 4.69. The molecule has 0 bridgehead atoms. The van der Waals surface area contributed by atoms with Gasteiger partial charge in [0.15, 0.2) is 0 Å². The number of nitrogens with zero attached hydrogens (tertiary/aromatic N) is 1. The van der Waals surface area contributed by atoms with Crippen molar-refractivity contribution in [3.8, 4) is 17.4 Å². The van der Waals surface area contributed by atoms with Crippen LogP contribution in [-0.2, 0) is 0 Å². The summed E-state index contributed by atoms with van der Waals surface area (Å²) in [7, 11) is 1.56. The van der Waals surface area contributed by atoms with Crippen LogP contribution in [0.25, 0.3) is 0 Å². The summed E-state index contributed by atoms with van der Waals surface area (Å²) in [6.07, 6.45) is 0.590. The van der Waals surface area contributed by atoms with Gasteiger partial charge in [-0.25, -0.2) is 9.37 Å². The molecule has 150 valence electrons. The van der Waals surface area contributed by atoms with Gasteiger partial charge in [-0.15, -0.1) is 0 Å². The lowest BCUT2D eigenvalue weighted by Gasteiger charge is -2.14. The van der Waals surface area contributed by atoms with Crippen molar-refractivity contribution in [2.45, 2.75) is 6.10 Å². The molecule has 0 fully saturated rings. The molecule has 0 saturated heterocycles. The van der Waals surface area contributed by atoms with Gasteiger partial charge in [0.05, 0.1) is 17.7 Å². The van der Waals surface area contributed by atoms with Crippen LogP contribution in [0.15, 0.2) is 65.3 Å². The van der Waals surface area contributed by atoms with Crippen LogP contribution in [0.4, 0.5) is 4.39 Å². The predicted molar refractivity (Wildman–Crippen MR) is 109 cm³/mol. The van der Waals surface area contributed by atoms with Crippen molar-refractivity contribution in [3.05, 3.63) is 82.2 Å². The maximum atomic E-state index is 13.3. The van der Waals surface area contributed by atoms with E-state index >= 15 is 0 Å². The van der Waals surface area contributed by atoms with Crippen molar-refractivity contribution in [1.82, 2.24) is 10.3 Å². The first-order chi connectivity index (χ1) is 14.0. The quantitative estimate of drug-likeness (QED) is 0.550. The molecule has 0 aliphatic heterocycles. The van der Waals surface area contributed by atoms with Gasteiger partial charge in [0, 0.05) is 12.7 Å². The highest BCUT2D eigenvalue weighted by Crippen LogP contribution is 2.30. The molecule has 1 amide bonds. The van der Waals surface area contributed by atoms with E-state index in [1.807, 2.05) is 0 Å². The van der Waals surface area contributed by atoms with Crippen LogP contribution < -0.4 is 14.8 Å². The number of aromatic nitrogens is 1. The Labute approximate surface area is 175 Å². The zero-order chi connectivity index (χ0) is 20.8. The van der Waals surface area contributed by atoms with Gasteiger partial charge in [0.1, 0.15) is 22.9 Å². The van der Waals surface area contributed by atoms with Crippen molar-refractivity contribution in [3.63, 3.8) is 0 Å². The number of nitrogens with one attached hydrogen (secondary N) is 1. The number of rotatable bonds is 7. The van der Waals surface area contributed by atoms with Crippen LogP contribution in [0.2, 0.25) is 0 Å². The van der Waals surface area contributed by atoms with Crippen molar-refractivity contribution < 1.29 is 23.8 Å². The lowest BCUT2D eigenvalue weighted by molar-refractivity contribution is 0.0913. The van der Waals surface area contributed by atoms with Crippen molar-refractivity contribution in [1.29, 1.82) is 0 Å². The summed E-state index contributed by atoms with van der Waals surface area (Å²) < 4.78 is 24.4. The summed E-state index contributed by atoms with van der Waals surface area (Å²) in [4.78, 5) is 16.7. The lowest BCUT2D eigenvalue weighted by Crippen LogP contribution is -2.28. The molecule has 0 spiro atoms. The van der Waals surface area contributed by atoms with Gasteiger partial charge in [-0.2, -0.15) is 0 Å². The van der Waals surface area contributed by atoms with E-state index in [1.165, 1.54) is 24.4 Å². The Bertz CT molecular complexity index is 998. The van der Waals surface area contributed by atoms with E-state index in [1.54, 1.807) is 43.5 Å². The summed E-state index contributed by atoms with van der Waals surface area (Å²) >= 11 is 3.22. The van der Waals surface area contributed by atoms with Gasteiger partial charge in [-0.1, -0.05) is 12.1 Å². The smallest absolute Gasteiger partial charge is 0.256 e. The second-order valence-electron chi connectivity index (χ2n) is 6.03. The Morgan fingerprint density at radius 2 is 2.00 bits per heavy atom. The molecule has 0 saturated carbocycles. The van der Waals surface area contributed by atoms with Crippen LogP contribution in [-0.4, -0.2) is 29.7 Å². The third-order valence-electron chi connectivity index (χ3n) is 4.07. The zero-order valence-corrected chi connectivity index (χ0v) is 17.0. The van der Waals surface area contributed by atoms with E-state index in [4.69, 9.17) is 9.47 Å². The van der Waals surface area contributed by atoms with Crippen molar-refractivity contribution in [2.24, 2.45) is 0 Å². The number of carbonyl (C=O) groups excluding carboxylic acids is 1. The monoisotopic (exact) mass is 460 g/mol. The summed E-state index contributed by atoms with van der Waals surface area (Å²) in [5, 5.41) is 13.0. The van der Waals surface area contributed by atoms with Gasteiger partial charge in [0.25, 0.3) is 5.91 Å². The molecule has 6 nitrogen and oxygen atoms in total. The molecule has 8 heteroatoms. The second-order valence-corrected chi connectivity index (χ2v) is 6.89. The average molecular weight is 461 g/mol. The Hall–Kier alpha value is -2.97. The lowest BCUT2D eigenvalue weighted by atomic mass is 10.1. The number of benzene rings is 2. The van der Waals surface area contributed by atoms with Crippen molar-refractivity contribution >= 4 is 21.8 Å². The number of ether oxygens (including phenoxy) is 2. The second kappa shape index (κ2) is 9.49. The van der Waals surface area contributed by atoms with Crippen LogP contribution >= 0.6 is 15.9 Å². The maximum absolute atomic E-state index is 13.3. The molecular weight excluding hydrogens is 443 g/mol. The molecule has 3 aromatic rings. The third kappa shape index (κ3) is 5.30.